The highest BCUT2D eigenvalue weighted by atomic mass is 31.2. The van der Waals surface area contributed by atoms with Gasteiger partial charge < -0.3 is 13.6 Å². The molecule has 0 aliphatic heterocycles. The predicted octanol–water partition coefficient (Wildman–Crippen LogP) is 15.0. The molecule has 0 spiro atoms. The summed E-state index contributed by atoms with van der Waals surface area (Å²) in [6, 6.07) is 10.1. The van der Waals surface area contributed by atoms with Gasteiger partial charge in [0, 0.05) is 5.56 Å². The quantitative estimate of drug-likeness (QED) is 0.0818. The summed E-state index contributed by atoms with van der Waals surface area (Å²) in [7, 11) is -5.26. The molecule has 4 atom stereocenters. The van der Waals surface area contributed by atoms with Gasteiger partial charge in [-0.25, -0.2) is 0 Å². The van der Waals surface area contributed by atoms with E-state index in [1.54, 1.807) is 4.74 Å². The Bertz CT molecular complexity index is 2350. The molecule has 416 valence electrons. The molecule has 3 rings (SSSR count). The van der Waals surface area contributed by atoms with Gasteiger partial charge in [-0.15, -0.1) is 0 Å². The van der Waals surface area contributed by atoms with Crippen molar-refractivity contribution < 1.29 is 173 Å². The zero-order chi connectivity index (χ0) is 57.2. The molecule has 3 aromatic carbocycles. The summed E-state index contributed by atoms with van der Waals surface area (Å²) in [6.45, 7) is 0. The van der Waals surface area contributed by atoms with E-state index in [-0.39, 0.29) is 12.1 Å². The van der Waals surface area contributed by atoms with E-state index >= 15 is 17.6 Å². The minimum atomic E-state index is -9.41. The molecule has 0 saturated carbocycles. The van der Waals surface area contributed by atoms with Gasteiger partial charge >= 0.3 is 98.4 Å². The van der Waals surface area contributed by atoms with Crippen LogP contribution in [-0.2, 0) is 29.4 Å². The Kier molecular flexibility index (Phi) is 16.2. The smallest absolute Gasteiger partial charge is 0.386 e. The van der Waals surface area contributed by atoms with E-state index in [1.165, 1.54) is 36.4 Å². The zero-order valence-electron chi connectivity index (χ0n) is 33.0. The van der Waals surface area contributed by atoms with Crippen molar-refractivity contribution in [1.82, 2.24) is 0 Å². The maximum atomic E-state index is 15.5. The van der Waals surface area contributed by atoms with Crippen molar-refractivity contribution >= 4 is 7.82 Å². The summed E-state index contributed by atoms with van der Waals surface area (Å²) < 4.78 is 465. The van der Waals surface area contributed by atoms with Gasteiger partial charge in [0.15, 0.2) is 0 Å². The molecule has 0 fully saturated rings. The summed E-state index contributed by atoms with van der Waals surface area (Å²) in [4.78, 5) is 0. The number of hydrogen-bond acceptors (Lipinski definition) is 8. The number of rotatable bonds is 20. The van der Waals surface area contributed by atoms with Gasteiger partial charge in [0.2, 0.25) is 0 Å². The average Bonchev–Trinajstić information content (AvgIpc) is 3.18. The maximum Gasteiger partial charge on any atom is 0.647 e. The first-order valence-electron chi connectivity index (χ1n) is 17.2. The van der Waals surface area contributed by atoms with Crippen LogP contribution in [0.2, 0.25) is 0 Å². The van der Waals surface area contributed by atoms with Crippen LogP contribution in [0.3, 0.4) is 0 Å². The first kappa shape index (κ1) is 62.3. The molecule has 0 saturated heterocycles. The third kappa shape index (κ3) is 11.6. The number of alkyl halides is 31. The number of halogens is 31. The fourth-order valence-electron chi connectivity index (χ4n) is 4.60. The Morgan fingerprint density at radius 3 is 0.795 bits per heavy atom. The van der Waals surface area contributed by atoms with Crippen LogP contribution in [0, 0.1) is 0 Å². The van der Waals surface area contributed by atoms with Crippen LogP contribution in [0.5, 0.6) is 17.2 Å². The molecule has 0 radical (unpaired) electrons. The molecular weight excluding hydrogens is 1140 g/mol. The molecule has 0 N–H and O–H groups in total. The molecular formula is C33H14F31O8P. The molecule has 4 unspecified atom stereocenters. The van der Waals surface area contributed by atoms with E-state index in [1.807, 2.05) is 0 Å². The highest BCUT2D eigenvalue weighted by molar-refractivity contribution is 7.49. The van der Waals surface area contributed by atoms with E-state index in [9.17, 15) is 123 Å². The van der Waals surface area contributed by atoms with E-state index in [0.717, 1.165) is 38.5 Å². The normalized spacial score (nSPS) is 18.0. The Morgan fingerprint density at radius 2 is 0.534 bits per heavy atom. The Labute approximate surface area is 379 Å². The number of para-hydroxylation sites is 2. The first-order chi connectivity index (χ1) is 32.2. The minimum absolute atomic E-state index is 0.168. The summed E-state index contributed by atoms with van der Waals surface area (Å²) >= 11 is 0. The highest BCUT2D eigenvalue weighted by Crippen LogP contribution is 2.63. The van der Waals surface area contributed by atoms with Crippen LogP contribution in [0.1, 0.15) is 5.56 Å². The van der Waals surface area contributed by atoms with Crippen molar-refractivity contribution in [3.63, 3.8) is 0 Å². The van der Waals surface area contributed by atoms with Crippen molar-refractivity contribution in [2.75, 3.05) is 0 Å². The lowest BCUT2D eigenvalue weighted by Crippen LogP contribution is -2.72. The second-order valence-corrected chi connectivity index (χ2v) is 14.8. The minimum Gasteiger partial charge on any atom is -0.386 e. The van der Waals surface area contributed by atoms with Gasteiger partial charge in [0.25, 0.3) is 0 Å². The fraction of sp³-hybridized carbons (Fsp3) is 0.455. The molecule has 0 aromatic heterocycles. The largest absolute Gasteiger partial charge is 0.647 e. The van der Waals surface area contributed by atoms with Crippen LogP contribution >= 0.6 is 7.82 Å². The van der Waals surface area contributed by atoms with Gasteiger partial charge in [-0.3, -0.25) is 18.9 Å². The highest BCUT2D eigenvalue weighted by Gasteiger charge is 2.90. The third-order valence-corrected chi connectivity index (χ3v) is 9.44. The SMILES string of the molecule is O=P(Oc1ccccc1)(Oc1ccccc1)Oc1ccc(C(F)(F)C(F)(OC(F)(F)C(F)(OC(F)(F)C(F)(OC(F)(F)C(F)(OC(F)(F)C(F)(F)C(F)(F)F)C(F)(F)F)C(F)(F)F)C(F)(F)F)C(F)(F)F)cc1. The number of phosphoric acid groups is 1. The van der Waals surface area contributed by atoms with E-state index < -0.39 is 133 Å². The summed E-state index contributed by atoms with van der Waals surface area (Å²) in [5, 5.41) is 0. The number of hydrogen-bond donors (Lipinski definition) is 0. The van der Waals surface area contributed by atoms with E-state index in [2.05, 4.69) is 0 Å². The zero-order valence-corrected chi connectivity index (χ0v) is 33.9. The topological polar surface area (TPSA) is 81.7 Å². The molecule has 73 heavy (non-hydrogen) atoms. The predicted molar refractivity (Wildman–Crippen MR) is 167 cm³/mol. The van der Waals surface area contributed by atoms with Crippen LogP contribution in [0.15, 0.2) is 84.9 Å². The van der Waals surface area contributed by atoms with Crippen LogP contribution in [-0.4, -0.2) is 84.7 Å². The van der Waals surface area contributed by atoms with Gasteiger partial charge in [-0.05, 0) is 48.5 Å². The third-order valence-electron chi connectivity index (χ3n) is 8.14. The van der Waals surface area contributed by atoms with E-state index in [0.29, 0.717) is 0 Å². The number of benzene rings is 3. The molecule has 8 nitrogen and oxygen atoms in total. The standard InChI is InChI=1S/C33H14F31O8P/c34-19(35,15-11-13-18(14-12-15)68-73(65,66-16-7-3-1-4-8-16)67-17-9-5-2-6-10-17)21(38,26(45,46)47)69-31(59,60)23(40,28(51,52)53)71-33(63,64)24(41,29(54,55)56)72-32(61,62)22(39,27(48,49)50)70-30(57,58)20(36,37)25(42,43)44/h1-14H. The Hall–Kier alpha value is -5.04. The molecule has 0 aliphatic rings. The average molecular weight is 1160 g/mol. The lowest BCUT2D eigenvalue weighted by Gasteiger charge is -2.44. The summed E-state index contributed by atoms with van der Waals surface area (Å²) in [6.07, 6.45) is -79.4. The molecule has 0 bridgehead atoms. The van der Waals surface area contributed by atoms with Crippen molar-refractivity contribution in [3.8, 4) is 17.2 Å². The lowest BCUT2D eigenvalue weighted by atomic mass is 10.00. The molecule has 40 heteroatoms. The molecule has 0 heterocycles. The first-order valence-corrected chi connectivity index (χ1v) is 18.7. The molecule has 3 aromatic rings. The summed E-state index contributed by atoms with van der Waals surface area (Å²) in [5.74, 6) is -53.8. The van der Waals surface area contributed by atoms with Crippen molar-refractivity contribution in [2.45, 2.75) is 90.6 Å². The van der Waals surface area contributed by atoms with Crippen LogP contribution in [0.4, 0.5) is 136 Å². The van der Waals surface area contributed by atoms with E-state index in [4.69, 9.17) is 13.6 Å². The van der Waals surface area contributed by atoms with Gasteiger partial charge in [0.05, 0.1) is 0 Å². The van der Waals surface area contributed by atoms with Gasteiger partial charge in [0.1, 0.15) is 17.2 Å². The van der Waals surface area contributed by atoms with Crippen LogP contribution < -0.4 is 13.6 Å². The maximum absolute atomic E-state index is 15.5. The van der Waals surface area contributed by atoms with Crippen LogP contribution in [0.25, 0.3) is 0 Å². The Morgan fingerprint density at radius 1 is 0.288 bits per heavy atom. The van der Waals surface area contributed by atoms with Gasteiger partial charge in [-0.2, -0.15) is 141 Å². The second kappa shape index (κ2) is 19.0. The van der Waals surface area contributed by atoms with Gasteiger partial charge in [-0.1, -0.05) is 36.4 Å². The Balaban J connectivity index is 2.17. The monoisotopic (exact) mass is 1160 g/mol. The summed E-state index contributed by atoms with van der Waals surface area (Å²) in [5.41, 5.74) is -2.89. The fourth-order valence-corrected chi connectivity index (χ4v) is 5.85. The molecule has 0 aliphatic carbocycles. The number of phosphoric ester groups is 1. The van der Waals surface area contributed by atoms with Crippen molar-refractivity contribution in [2.24, 2.45) is 0 Å². The molecule has 0 amide bonds. The second-order valence-electron chi connectivity index (χ2n) is 13.4. The lowest BCUT2D eigenvalue weighted by molar-refractivity contribution is -0.595. The van der Waals surface area contributed by atoms with Crippen molar-refractivity contribution in [3.05, 3.63) is 90.5 Å². The number of ether oxygens (including phenoxy) is 4. The van der Waals surface area contributed by atoms with Crippen molar-refractivity contribution in [1.29, 1.82) is 0 Å².